The minimum Gasteiger partial charge on any atom is -0.392 e. The Morgan fingerprint density at radius 3 is 2.23 bits per heavy atom. The number of unbranched alkanes of at least 4 members (excludes halogenated alkanes) is 2. The van der Waals surface area contributed by atoms with E-state index >= 15 is 0 Å². The summed E-state index contributed by atoms with van der Waals surface area (Å²) in [5.74, 6) is -0.0904. The Labute approximate surface area is 281 Å². The molecule has 0 bridgehead atoms. The number of carbonyl (C=O) groups is 2. The molecule has 0 aromatic heterocycles. The Bertz CT molecular complexity index is 1490. The first-order valence-corrected chi connectivity index (χ1v) is 16.6. The lowest BCUT2D eigenvalue weighted by atomic mass is 9.99. The van der Waals surface area contributed by atoms with Gasteiger partial charge in [0.15, 0.2) is 6.29 Å². The van der Waals surface area contributed by atoms with E-state index in [1.54, 1.807) is 12.1 Å². The fourth-order valence-electron chi connectivity index (χ4n) is 6.09. The Kier molecular flexibility index (Phi) is 12.5. The number of piperazine rings is 1. The number of aliphatic hydroxyl groups excluding tert-OH is 1. The molecule has 2 aliphatic rings. The molecule has 3 N–H and O–H groups in total. The highest BCUT2D eigenvalue weighted by Crippen LogP contribution is 2.38. The number of carbonyl (C=O) groups excluding carboxylic acids is 2. The number of ether oxygens (including phenoxy) is 2. The van der Waals surface area contributed by atoms with Crippen LogP contribution in [0, 0.1) is 10.1 Å². The van der Waals surface area contributed by atoms with E-state index in [-0.39, 0.29) is 41.2 Å². The molecule has 3 aromatic rings. The zero-order valence-electron chi connectivity index (χ0n) is 27.4. The molecule has 48 heavy (non-hydrogen) atoms. The predicted octanol–water partition coefficient (Wildman–Crippen LogP) is 5.09. The van der Waals surface area contributed by atoms with E-state index in [4.69, 9.17) is 9.47 Å². The molecule has 0 unspecified atom stereocenters. The van der Waals surface area contributed by atoms with E-state index in [9.17, 15) is 24.8 Å². The standard InChI is InChI=1S/C36H45N5O7/c1-26(43)37-18-4-2-3-5-35(44)38-30-12-10-29(11-13-30)36-47-33(23-34(48-36)28-8-6-27(25-42)7-9-28)24-39-19-21-40(22-20-39)31-14-16-32(17-15-31)41(45)46/h6-17,33-34,36,42H,2-5,18-25H2,1H3,(H,37,43)(H,38,44)/t33-,34+,36+/m1/s1. The maximum Gasteiger partial charge on any atom is 0.269 e. The fraction of sp³-hybridized carbons (Fsp3) is 0.444. The molecule has 0 spiro atoms. The summed E-state index contributed by atoms with van der Waals surface area (Å²) in [5.41, 5.74) is 4.49. The molecule has 5 rings (SSSR count). The topological polar surface area (TPSA) is 147 Å². The van der Waals surface area contributed by atoms with Crippen molar-refractivity contribution in [2.75, 3.05) is 49.5 Å². The molecule has 2 saturated heterocycles. The van der Waals surface area contributed by atoms with Gasteiger partial charge in [-0.05, 0) is 48.2 Å². The number of nitro benzene ring substituents is 1. The van der Waals surface area contributed by atoms with Gasteiger partial charge >= 0.3 is 0 Å². The number of rotatable bonds is 14. The number of nitro groups is 1. The lowest BCUT2D eigenvalue weighted by Crippen LogP contribution is -2.49. The number of non-ortho nitro benzene ring substituents is 1. The van der Waals surface area contributed by atoms with Crippen molar-refractivity contribution in [3.63, 3.8) is 0 Å². The van der Waals surface area contributed by atoms with Crippen molar-refractivity contribution in [3.8, 4) is 0 Å². The summed E-state index contributed by atoms with van der Waals surface area (Å²) in [5, 5.41) is 26.3. The van der Waals surface area contributed by atoms with E-state index in [0.29, 0.717) is 25.1 Å². The number of anilines is 2. The van der Waals surface area contributed by atoms with Crippen molar-refractivity contribution in [2.24, 2.45) is 0 Å². The van der Waals surface area contributed by atoms with Crippen LogP contribution in [0.25, 0.3) is 0 Å². The Morgan fingerprint density at radius 1 is 0.896 bits per heavy atom. The van der Waals surface area contributed by atoms with Crippen LogP contribution in [0.3, 0.4) is 0 Å². The van der Waals surface area contributed by atoms with E-state index in [0.717, 1.165) is 74.4 Å². The third-order valence-electron chi connectivity index (χ3n) is 8.80. The number of hydrogen-bond donors (Lipinski definition) is 3. The summed E-state index contributed by atoms with van der Waals surface area (Å²) in [7, 11) is 0. The SMILES string of the molecule is CC(=O)NCCCCCC(=O)Nc1ccc([C@H]2O[C@@H](CN3CCN(c4ccc([N+](=O)[O-])cc4)CC3)C[C@@H](c3ccc(CO)cc3)O2)cc1. The molecule has 256 valence electrons. The highest BCUT2D eigenvalue weighted by Gasteiger charge is 2.34. The second-order valence-corrected chi connectivity index (χ2v) is 12.4. The third kappa shape index (κ3) is 10.1. The van der Waals surface area contributed by atoms with Gasteiger partial charge in [-0.1, -0.05) is 42.8 Å². The van der Waals surface area contributed by atoms with Crippen molar-refractivity contribution >= 4 is 28.9 Å². The first-order chi connectivity index (χ1) is 23.3. The van der Waals surface area contributed by atoms with Crippen molar-refractivity contribution in [2.45, 2.75) is 64.1 Å². The molecule has 3 aromatic carbocycles. The number of amides is 2. The second-order valence-electron chi connectivity index (χ2n) is 12.4. The first kappa shape index (κ1) is 35.0. The van der Waals surface area contributed by atoms with E-state index in [2.05, 4.69) is 20.4 Å². The number of nitrogens with one attached hydrogen (secondary N) is 2. The highest BCUT2D eigenvalue weighted by atomic mass is 16.7. The monoisotopic (exact) mass is 659 g/mol. The van der Waals surface area contributed by atoms with Crippen LogP contribution in [-0.4, -0.2) is 72.1 Å². The van der Waals surface area contributed by atoms with Crippen LogP contribution in [0.1, 0.15) is 68.1 Å². The van der Waals surface area contributed by atoms with Gasteiger partial charge in [0.05, 0.1) is 23.7 Å². The van der Waals surface area contributed by atoms with E-state index in [1.165, 1.54) is 6.92 Å². The molecule has 2 amide bonds. The molecule has 12 heteroatoms. The van der Waals surface area contributed by atoms with Crippen molar-refractivity contribution < 1.29 is 29.1 Å². The van der Waals surface area contributed by atoms with Gasteiger partial charge in [-0.2, -0.15) is 0 Å². The lowest BCUT2D eigenvalue weighted by molar-refractivity contribution is -0.384. The minimum atomic E-state index is -0.596. The van der Waals surface area contributed by atoms with Crippen molar-refractivity contribution in [3.05, 3.63) is 99.6 Å². The minimum absolute atomic E-state index is 0.0203. The molecule has 0 aliphatic carbocycles. The lowest BCUT2D eigenvalue weighted by Gasteiger charge is -2.41. The van der Waals surface area contributed by atoms with Gasteiger partial charge in [-0.15, -0.1) is 0 Å². The molecule has 2 heterocycles. The number of aliphatic hydroxyl groups is 1. The van der Waals surface area contributed by atoms with Gasteiger partial charge in [-0.25, -0.2) is 0 Å². The van der Waals surface area contributed by atoms with E-state index < -0.39 is 6.29 Å². The normalized spacial score (nSPS) is 19.9. The second kappa shape index (κ2) is 17.2. The van der Waals surface area contributed by atoms with Gasteiger partial charge in [0.25, 0.3) is 5.69 Å². The summed E-state index contributed by atoms with van der Waals surface area (Å²) in [6.07, 6.45) is 2.66. The highest BCUT2D eigenvalue weighted by molar-refractivity contribution is 5.90. The molecule has 12 nitrogen and oxygen atoms in total. The summed E-state index contributed by atoms with van der Waals surface area (Å²) >= 11 is 0. The maximum absolute atomic E-state index is 12.5. The Morgan fingerprint density at radius 2 is 1.58 bits per heavy atom. The van der Waals surface area contributed by atoms with Crippen LogP contribution in [0.2, 0.25) is 0 Å². The average molecular weight is 660 g/mol. The first-order valence-electron chi connectivity index (χ1n) is 16.6. The molecule has 0 saturated carbocycles. The molecule has 2 fully saturated rings. The summed E-state index contributed by atoms with van der Waals surface area (Å²) in [6, 6.07) is 22.1. The van der Waals surface area contributed by atoms with Crippen LogP contribution in [0.4, 0.5) is 17.1 Å². The Balaban J connectivity index is 1.18. The molecular formula is C36H45N5O7. The number of hydrogen-bond acceptors (Lipinski definition) is 9. The van der Waals surface area contributed by atoms with Crippen LogP contribution in [0.5, 0.6) is 0 Å². The van der Waals surface area contributed by atoms with Gasteiger partial charge in [0, 0.05) is 88.1 Å². The van der Waals surface area contributed by atoms with Crippen LogP contribution in [0.15, 0.2) is 72.8 Å². The Hall–Kier alpha value is -4.36. The van der Waals surface area contributed by atoms with Gasteiger partial charge in [0.2, 0.25) is 11.8 Å². The smallest absolute Gasteiger partial charge is 0.269 e. The predicted molar refractivity (Wildman–Crippen MR) is 182 cm³/mol. The van der Waals surface area contributed by atoms with Crippen molar-refractivity contribution in [1.82, 2.24) is 10.2 Å². The summed E-state index contributed by atoms with van der Waals surface area (Å²) < 4.78 is 13.0. The zero-order valence-corrected chi connectivity index (χ0v) is 27.4. The largest absolute Gasteiger partial charge is 0.392 e. The third-order valence-corrected chi connectivity index (χ3v) is 8.80. The number of nitrogens with zero attached hydrogens (tertiary/aromatic N) is 3. The van der Waals surface area contributed by atoms with Gasteiger partial charge in [-0.3, -0.25) is 24.6 Å². The fourth-order valence-corrected chi connectivity index (χ4v) is 6.09. The summed E-state index contributed by atoms with van der Waals surface area (Å²) in [4.78, 5) is 38.7. The summed E-state index contributed by atoms with van der Waals surface area (Å²) in [6.45, 7) is 6.12. The molecule has 0 radical (unpaired) electrons. The van der Waals surface area contributed by atoms with Gasteiger partial charge in [0.1, 0.15) is 0 Å². The van der Waals surface area contributed by atoms with Crippen LogP contribution in [-0.2, 0) is 25.7 Å². The maximum atomic E-state index is 12.5. The molecule has 3 atom stereocenters. The molecular weight excluding hydrogens is 614 g/mol. The molecule has 2 aliphatic heterocycles. The average Bonchev–Trinajstić information content (AvgIpc) is 3.10. The quantitative estimate of drug-likeness (QED) is 0.122. The van der Waals surface area contributed by atoms with Crippen molar-refractivity contribution in [1.29, 1.82) is 0 Å². The van der Waals surface area contributed by atoms with Crippen LogP contribution < -0.4 is 15.5 Å². The van der Waals surface area contributed by atoms with E-state index in [1.807, 2.05) is 60.7 Å². The van der Waals surface area contributed by atoms with Crippen LogP contribution >= 0.6 is 0 Å². The zero-order chi connectivity index (χ0) is 33.9. The van der Waals surface area contributed by atoms with Gasteiger partial charge < -0.3 is 30.1 Å². The number of benzene rings is 3.